The quantitative estimate of drug-likeness (QED) is 0.809. The number of thioether (sulfide) groups is 1. The largest absolute Gasteiger partial charge is 0.363 e. The zero-order valence-corrected chi connectivity index (χ0v) is 12.0. The third-order valence-corrected chi connectivity index (χ3v) is 3.78. The minimum Gasteiger partial charge on any atom is -0.363 e. The van der Waals surface area contributed by atoms with Gasteiger partial charge in [0.25, 0.3) is 0 Å². The number of hydrogen-bond donors (Lipinski definition) is 2. The first kappa shape index (κ1) is 12.7. The Morgan fingerprint density at radius 2 is 2.24 bits per heavy atom. The smallest absolute Gasteiger partial charge is 0.234 e. The second kappa shape index (κ2) is 6.25. The number of nitrogens with zero attached hydrogens (tertiary/aromatic N) is 1. The maximum Gasteiger partial charge on any atom is 0.234 e. The summed E-state index contributed by atoms with van der Waals surface area (Å²) in [4.78, 5) is 15.9. The highest BCUT2D eigenvalue weighted by Crippen LogP contribution is 2.12. The van der Waals surface area contributed by atoms with Gasteiger partial charge in [-0.15, -0.1) is 0 Å². The van der Waals surface area contributed by atoms with E-state index in [1.807, 2.05) is 24.3 Å². The van der Waals surface area contributed by atoms with Crippen LogP contribution in [-0.2, 0) is 4.79 Å². The second-order valence-electron chi connectivity index (χ2n) is 3.46. The Morgan fingerprint density at radius 1 is 1.47 bits per heavy atom. The molecule has 0 radical (unpaired) electrons. The first-order valence-electron chi connectivity index (χ1n) is 5.20. The minimum atomic E-state index is -0.00684. The van der Waals surface area contributed by atoms with E-state index in [1.165, 1.54) is 11.8 Å². The fraction of sp³-hybridized carbons (Fsp3) is 0.273. The summed E-state index contributed by atoms with van der Waals surface area (Å²) in [7, 11) is 0. The maximum absolute atomic E-state index is 11.6. The lowest BCUT2D eigenvalue weighted by Gasteiger charge is -2.05. The number of aliphatic imine (C=N–C) groups is 1. The Morgan fingerprint density at radius 3 is 2.88 bits per heavy atom. The molecule has 6 heteroatoms. The van der Waals surface area contributed by atoms with Gasteiger partial charge in [0.1, 0.15) is 0 Å². The first-order valence-corrected chi connectivity index (χ1v) is 7.27. The van der Waals surface area contributed by atoms with Gasteiger partial charge < -0.3 is 10.6 Å². The highest BCUT2D eigenvalue weighted by molar-refractivity contribution is 14.1. The molecule has 4 nitrogen and oxygen atoms in total. The predicted octanol–water partition coefficient (Wildman–Crippen LogP) is 1.92. The van der Waals surface area contributed by atoms with Crippen LogP contribution in [0.15, 0.2) is 29.3 Å². The van der Waals surface area contributed by atoms with E-state index in [1.54, 1.807) is 0 Å². The number of amidine groups is 1. The predicted molar refractivity (Wildman–Crippen MR) is 80.6 cm³/mol. The van der Waals surface area contributed by atoms with E-state index in [4.69, 9.17) is 0 Å². The van der Waals surface area contributed by atoms with Gasteiger partial charge in [-0.1, -0.05) is 11.8 Å². The Bertz CT molecular complexity index is 433. The lowest BCUT2D eigenvalue weighted by atomic mass is 10.3. The molecule has 1 heterocycles. The fourth-order valence-electron chi connectivity index (χ4n) is 1.34. The first-order chi connectivity index (χ1) is 8.24. The van der Waals surface area contributed by atoms with E-state index in [9.17, 15) is 4.79 Å². The molecule has 0 atom stereocenters. The molecule has 2 rings (SSSR count). The van der Waals surface area contributed by atoms with Crippen molar-refractivity contribution >= 4 is 51.1 Å². The van der Waals surface area contributed by atoms with Crippen LogP contribution in [0.4, 0.5) is 5.69 Å². The van der Waals surface area contributed by atoms with Crippen LogP contribution in [0.3, 0.4) is 0 Å². The summed E-state index contributed by atoms with van der Waals surface area (Å²) in [5, 5.41) is 6.83. The van der Waals surface area contributed by atoms with Crippen molar-refractivity contribution in [1.82, 2.24) is 5.32 Å². The Balaban J connectivity index is 1.78. The summed E-state index contributed by atoms with van der Waals surface area (Å²) >= 11 is 3.67. The highest BCUT2D eigenvalue weighted by Gasteiger charge is 2.09. The Labute approximate surface area is 118 Å². The number of amides is 1. The molecule has 90 valence electrons. The average molecular weight is 361 g/mol. The molecule has 0 aliphatic carbocycles. The van der Waals surface area contributed by atoms with Gasteiger partial charge in [0.05, 0.1) is 12.3 Å². The highest BCUT2D eigenvalue weighted by atomic mass is 127. The molecule has 17 heavy (non-hydrogen) atoms. The van der Waals surface area contributed by atoms with Gasteiger partial charge in [0.15, 0.2) is 5.17 Å². The number of carbonyl (C=O) groups is 1. The molecule has 1 aliphatic heterocycles. The van der Waals surface area contributed by atoms with Crippen LogP contribution in [0.2, 0.25) is 0 Å². The van der Waals surface area contributed by atoms with Crippen LogP contribution >= 0.6 is 34.4 Å². The molecule has 0 unspecified atom stereocenters. The van der Waals surface area contributed by atoms with Crippen molar-refractivity contribution in [2.75, 3.05) is 24.2 Å². The lowest BCUT2D eigenvalue weighted by Crippen LogP contribution is -2.20. The molecule has 1 aliphatic rings. The van der Waals surface area contributed by atoms with Crippen molar-refractivity contribution in [2.45, 2.75) is 0 Å². The minimum absolute atomic E-state index is 0.00684. The zero-order chi connectivity index (χ0) is 12.1. The van der Waals surface area contributed by atoms with Gasteiger partial charge in [-0.05, 0) is 46.9 Å². The summed E-state index contributed by atoms with van der Waals surface area (Å²) < 4.78 is 1.15. The number of benzene rings is 1. The molecular formula is C11H12IN3OS. The van der Waals surface area contributed by atoms with Crippen molar-refractivity contribution in [1.29, 1.82) is 0 Å². The van der Waals surface area contributed by atoms with E-state index < -0.39 is 0 Å². The van der Waals surface area contributed by atoms with Crippen molar-refractivity contribution in [2.24, 2.45) is 4.99 Å². The number of halogens is 1. The summed E-state index contributed by atoms with van der Waals surface area (Å²) in [6.45, 7) is 1.68. The average Bonchev–Trinajstić information content (AvgIpc) is 2.83. The van der Waals surface area contributed by atoms with Crippen LogP contribution in [0.25, 0.3) is 0 Å². The Kier molecular flexibility index (Phi) is 4.66. The van der Waals surface area contributed by atoms with Crippen LogP contribution in [-0.4, -0.2) is 29.9 Å². The molecule has 0 bridgehead atoms. The molecule has 0 saturated carbocycles. The third-order valence-electron chi connectivity index (χ3n) is 2.11. The van der Waals surface area contributed by atoms with E-state index >= 15 is 0 Å². The molecule has 1 amide bonds. The third kappa shape index (κ3) is 4.19. The van der Waals surface area contributed by atoms with Crippen LogP contribution < -0.4 is 10.6 Å². The Hall–Kier alpha value is -0.760. The molecule has 0 fully saturated rings. The molecule has 1 aromatic rings. The number of rotatable bonds is 3. The second-order valence-corrected chi connectivity index (χ2v) is 5.67. The van der Waals surface area contributed by atoms with Gasteiger partial charge in [0.2, 0.25) is 5.91 Å². The van der Waals surface area contributed by atoms with Crippen LogP contribution in [0.5, 0.6) is 0 Å². The van der Waals surface area contributed by atoms with E-state index in [-0.39, 0.29) is 5.91 Å². The van der Waals surface area contributed by atoms with E-state index in [0.29, 0.717) is 5.75 Å². The van der Waals surface area contributed by atoms with Crippen molar-refractivity contribution in [3.05, 3.63) is 27.8 Å². The van der Waals surface area contributed by atoms with Gasteiger partial charge in [-0.3, -0.25) is 9.79 Å². The van der Waals surface area contributed by atoms with Crippen molar-refractivity contribution in [3.63, 3.8) is 0 Å². The molecule has 0 saturated heterocycles. The molecule has 2 N–H and O–H groups in total. The zero-order valence-electron chi connectivity index (χ0n) is 9.07. The summed E-state index contributed by atoms with van der Waals surface area (Å²) in [6, 6.07) is 7.73. The van der Waals surface area contributed by atoms with Gasteiger partial charge in [0, 0.05) is 15.8 Å². The molecule has 0 spiro atoms. The monoisotopic (exact) mass is 361 g/mol. The standard InChI is InChI=1S/C11H12IN3OS/c12-8-1-3-9(4-2-8)15-10(16)7-17-11-13-5-6-14-11/h1-4H,5-7H2,(H,13,14)(H,15,16). The normalized spacial score (nSPS) is 14.1. The van der Waals surface area contributed by atoms with Crippen molar-refractivity contribution in [3.8, 4) is 0 Å². The number of hydrogen-bond acceptors (Lipinski definition) is 4. The maximum atomic E-state index is 11.6. The summed E-state index contributed by atoms with van der Waals surface area (Å²) in [5.74, 6) is 0.380. The van der Waals surface area contributed by atoms with Crippen LogP contribution in [0.1, 0.15) is 0 Å². The summed E-state index contributed by atoms with van der Waals surface area (Å²) in [5.41, 5.74) is 0.831. The van der Waals surface area contributed by atoms with Gasteiger partial charge in [-0.2, -0.15) is 0 Å². The number of anilines is 1. The molecular weight excluding hydrogens is 349 g/mol. The van der Waals surface area contributed by atoms with E-state index in [0.717, 1.165) is 27.5 Å². The molecule has 0 aromatic heterocycles. The fourth-order valence-corrected chi connectivity index (χ4v) is 2.42. The SMILES string of the molecule is O=C(CSC1=NCCN1)Nc1ccc(I)cc1. The lowest BCUT2D eigenvalue weighted by molar-refractivity contribution is -0.113. The van der Waals surface area contributed by atoms with Gasteiger partial charge >= 0.3 is 0 Å². The van der Waals surface area contributed by atoms with Crippen molar-refractivity contribution < 1.29 is 4.79 Å². The molecule has 1 aromatic carbocycles. The number of carbonyl (C=O) groups excluding carboxylic acids is 1. The number of nitrogens with one attached hydrogen (secondary N) is 2. The summed E-state index contributed by atoms with van der Waals surface area (Å²) in [6.07, 6.45) is 0. The van der Waals surface area contributed by atoms with E-state index in [2.05, 4.69) is 38.2 Å². The van der Waals surface area contributed by atoms with Gasteiger partial charge in [-0.25, -0.2) is 0 Å². The topological polar surface area (TPSA) is 53.5 Å². The van der Waals surface area contributed by atoms with Crippen LogP contribution in [0, 0.1) is 3.57 Å².